The zero-order valence-corrected chi connectivity index (χ0v) is 16.7. The summed E-state index contributed by atoms with van der Waals surface area (Å²) in [5, 5.41) is 24.3. The first kappa shape index (κ1) is 20.4. The molecule has 1 heterocycles. The Morgan fingerprint density at radius 3 is 2.69 bits per heavy atom. The van der Waals surface area contributed by atoms with Crippen LogP contribution in [-0.2, 0) is 6.54 Å². The molecule has 1 aromatic heterocycles. The average molecular weight is 428 g/mol. The Morgan fingerprint density at radius 1 is 1.28 bits per heavy atom. The molecule has 0 aliphatic rings. The van der Waals surface area contributed by atoms with Crippen LogP contribution in [0.3, 0.4) is 0 Å². The highest BCUT2D eigenvalue weighted by Crippen LogP contribution is 2.38. The lowest BCUT2D eigenvalue weighted by Gasteiger charge is -2.12. The second-order valence-electron chi connectivity index (χ2n) is 5.67. The van der Waals surface area contributed by atoms with E-state index < -0.39 is 10.6 Å². The van der Waals surface area contributed by atoms with E-state index in [1.165, 1.54) is 30.0 Å². The van der Waals surface area contributed by atoms with Crippen molar-refractivity contribution in [3.05, 3.63) is 74.8 Å². The van der Waals surface area contributed by atoms with E-state index in [0.29, 0.717) is 12.1 Å². The van der Waals surface area contributed by atoms with Crippen LogP contribution in [0.5, 0.6) is 11.6 Å². The molecule has 0 saturated heterocycles. The second-order valence-corrected chi connectivity index (χ2v) is 6.85. The highest BCUT2D eigenvalue weighted by Gasteiger charge is 2.27. The monoisotopic (exact) mass is 427 g/mol. The number of ether oxygens (including phenoxy) is 1. The van der Waals surface area contributed by atoms with E-state index in [9.17, 15) is 10.1 Å². The third kappa shape index (κ3) is 4.93. The van der Waals surface area contributed by atoms with Crippen molar-refractivity contribution in [3.63, 3.8) is 0 Å². The SMILES string of the molecule is CSc1nc(NCc2ccccc2)c([N+](=O)[O-])c(Oc2cc(C#N)ccc2Cl)n1. The number of nitrogens with one attached hydrogen (secondary N) is 1. The third-order valence-corrected chi connectivity index (χ3v) is 4.63. The van der Waals surface area contributed by atoms with Gasteiger partial charge in [-0.05, 0) is 24.0 Å². The molecule has 0 bridgehead atoms. The zero-order valence-electron chi connectivity index (χ0n) is 15.1. The molecular formula is C19H14ClN5O3S. The minimum absolute atomic E-state index is 0.0285. The van der Waals surface area contributed by atoms with E-state index in [2.05, 4.69) is 15.3 Å². The van der Waals surface area contributed by atoms with E-state index in [-0.39, 0.29) is 27.6 Å². The zero-order chi connectivity index (χ0) is 20.8. The van der Waals surface area contributed by atoms with Gasteiger partial charge in [0.15, 0.2) is 5.16 Å². The molecule has 0 spiro atoms. The Hall–Kier alpha value is -3.35. The number of benzene rings is 2. The third-order valence-electron chi connectivity index (χ3n) is 3.77. The van der Waals surface area contributed by atoms with Crippen molar-refractivity contribution in [2.75, 3.05) is 11.6 Å². The molecule has 3 aromatic rings. The van der Waals surface area contributed by atoms with Gasteiger partial charge in [-0.1, -0.05) is 53.7 Å². The van der Waals surface area contributed by atoms with E-state index in [1.54, 1.807) is 6.26 Å². The van der Waals surface area contributed by atoms with Crippen LogP contribution in [-0.4, -0.2) is 21.1 Å². The van der Waals surface area contributed by atoms with Gasteiger partial charge in [-0.2, -0.15) is 15.2 Å². The molecule has 0 aliphatic carbocycles. The van der Waals surface area contributed by atoms with Gasteiger partial charge in [-0.15, -0.1) is 0 Å². The van der Waals surface area contributed by atoms with Crippen molar-refractivity contribution < 1.29 is 9.66 Å². The smallest absolute Gasteiger partial charge is 0.373 e. The number of rotatable bonds is 7. The number of halogens is 1. The number of anilines is 1. The van der Waals surface area contributed by atoms with E-state index >= 15 is 0 Å². The molecule has 0 fully saturated rings. The first-order chi connectivity index (χ1) is 14.0. The van der Waals surface area contributed by atoms with Gasteiger partial charge >= 0.3 is 11.6 Å². The fraction of sp³-hybridized carbons (Fsp3) is 0.105. The molecule has 2 aromatic carbocycles. The molecule has 0 saturated carbocycles. The summed E-state index contributed by atoms with van der Waals surface area (Å²) < 4.78 is 5.65. The average Bonchev–Trinajstić information content (AvgIpc) is 2.73. The Labute approximate surface area is 175 Å². The molecule has 0 atom stereocenters. The van der Waals surface area contributed by atoms with Crippen molar-refractivity contribution >= 4 is 34.9 Å². The number of aromatic nitrogens is 2. The van der Waals surface area contributed by atoms with Crippen LogP contribution in [0.15, 0.2) is 53.7 Å². The highest BCUT2D eigenvalue weighted by atomic mass is 35.5. The molecule has 8 nitrogen and oxygen atoms in total. The molecule has 1 N–H and O–H groups in total. The van der Waals surface area contributed by atoms with Gasteiger partial charge in [0, 0.05) is 12.6 Å². The van der Waals surface area contributed by atoms with Gasteiger partial charge in [0.05, 0.1) is 21.6 Å². The summed E-state index contributed by atoms with van der Waals surface area (Å²) in [5.41, 5.74) is 0.809. The Bertz CT molecular complexity index is 1090. The van der Waals surface area contributed by atoms with Gasteiger partial charge in [0.2, 0.25) is 5.82 Å². The second kappa shape index (κ2) is 9.23. The minimum atomic E-state index is -0.616. The minimum Gasteiger partial charge on any atom is -0.432 e. The van der Waals surface area contributed by atoms with Crippen LogP contribution >= 0.6 is 23.4 Å². The number of hydrogen-bond acceptors (Lipinski definition) is 8. The summed E-state index contributed by atoms with van der Waals surface area (Å²) in [7, 11) is 0. The van der Waals surface area contributed by atoms with Crippen molar-refractivity contribution in [2.24, 2.45) is 0 Å². The van der Waals surface area contributed by atoms with Gasteiger partial charge < -0.3 is 10.1 Å². The summed E-state index contributed by atoms with van der Waals surface area (Å²) in [4.78, 5) is 19.5. The molecule has 3 rings (SSSR count). The summed E-state index contributed by atoms with van der Waals surface area (Å²) in [6.45, 7) is 0.330. The van der Waals surface area contributed by atoms with Gasteiger partial charge in [0.1, 0.15) is 5.75 Å². The highest BCUT2D eigenvalue weighted by molar-refractivity contribution is 7.98. The number of nitrogens with zero attached hydrogens (tertiary/aromatic N) is 4. The summed E-state index contributed by atoms with van der Waals surface area (Å²) in [6, 6.07) is 15.8. The Kier molecular flexibility index (Phi) is 6.49. The Balaban J connectivity index is 2.02. The van der Waals surface area contributed by atoms with E-state index in [4.69, 9.17) is 21.6 Å². The maximum atomic E-state index is 11.8. The number of nitro groups is 1. The quantitative estimate of drug-likeness (QED) is 0.241. The first-order valence-electron chi connectivity index (χ1n) is 8.27. The van der Waals surface area contributed by atoms with Crippen molar-refractivity contribution in [1.29, 1.82) is 5.26 Å². The molecule has 0 unspecified atom stereocenters. The van der Waals surface area contributed by atoms with Crippen LogP contribution in [0.1, 0.15) is 11.1 Å². The van der Waals surface area contributed by atoms with E-state index in [1.807, 2.05) is 36.4 Å². The van der Waals surface area contributed by atoms with Crippen LogP contribution in [0.25, 0.3) is 0 Å². The number of thioether (sulfide) groups is 1. The summed E-state index contributed by atoms with van der Waals surface area (Å²) in [6.07, 6.45) is 1.75. The molecular weight excluding hydrogens is 414 g/mol. The van der Waals surface area contributed by atoms with E-state index in [0.717, 1.165) is 5.56 Å². The maximum absolute atomic E-state index is 11.8. The number of hydrogen-bond donors (Lipinski definition) is 1. The topological polar surface area (TPSA) is 114 Å². The number of nitriles is 1. The maximum Gasteiger partial charge on any atom is 0.373 e. The molecule has 0 radical (unpaired) electrons. The predicted molar refractivity (Wildman–Crippen MR) is 110 cm³/mol. The lowest BCUT2D eigenvalue weighted by molar-refractivity contribution is -0.385. The summed E-state index contributed by atoms with van der Waals surface area (Å²) in [5.74, 6) is -0.142. The standard InChI is InChI=1S/C19H14ClN5O3S/c1-29-19-23-17(22-11-12-5-3-2-4-6-12)16(25(26)27)18(24-19)28-15-9-13(10-21)7-8-14(15)20/h2-9H,11H2,1H3,(H,22,23,24). The first-order valence-corrected chi connectivity index (χ1v) is 9.87. The van der Waals surface area contributed by atoms with Crippen LogP contribution in [0.4, 0.5) is 11.5 Å². The lowest BCUT2D eigenvalue weighted by atomic mass is 10.2. The van der Waals surface area contributed by atoms with Crippen LogP contribution in [0.2, 0.25) is 5.02 Å². The molecule has 29 heavy (non-hydrogen) atoms. The largest absolute Gasteiger partial charge is 0.432 e. The van der Waals surface area contributed by atoms with Gasteiger partial charge in [-0.25, -0.2) is 0 Å². The molecule has 10 heteroatoms. The van der Waals surface area contributed by atoms with Gasteiger partial charge in [0.25, 0.3) is 0 Å². The fourth-order valence-electron chi connectivity index (χ4n) is 2.40. The van der Waals surface area contributed by atoms with Gasteiger partial charge in [-0.3, -0.25) is 10.1 Å². The van der Waals surface area contributed by atoms with Crippen LogP contribution in [0, 0.1) is 21.4 Å². The molecule has 0 amide bonds. The summed E-state index contributed by atoms with van der Waals surface area (Å²) >= 11 is 7.33. The fourth-order valence-corrected chi connectivity index (χ4v) is 2.91. The van der Waals surface area contributed by atoms with Crippen LogP contribution < -0.4 is 10.1 Å². The van der Waals surface area contributed by atoms with Crippen molar-refractivity contribution in [2.45, 2.75) is 11.7 Å². The van der Waals surface area contributed by atoms with Crippen molar-refractivity contribution in [1.82, 2.24) is 9.97 Å². The normalized spacial score (nSPS) is 10.2. The molecule has 146 valence electrons. The van der Waals surface area contributed by atoms with Crippen molar-refractivity contribution in [3.8, 4) is 17.7 Å². The predicted octanol–water partition coefficient (Wildman–Crippen LogP) is 5.04. The lowest BCUT2D eigenvalue weighted by Crippen LogP contribution is -2.08. The molecule has 0 aliphatic heterocycles. The Morgan fingerprint density at radius 2 is 2.03 bits per heavy atom.